The molecular weight excluding hydrogens is 230 g/mol. The van der Waals surface area contributed by atoms with E-state index in [0.717, 1.165) is 13.0 Å². The van der Waals surface area contributed by atoms with Crippen LogP contribution in [0.4, 0.5) is 0 Å². The number of rotatable bonds is 5. The Hall–Kier alpha value is -1.36. The number of amides is 1. The van der Waals surface area contributed by atoms with Crippen molar-refractivity contribution in [3.05, 3.63) is 18.2 Å². The molecule has 1 atom stereocenters. The van der Waals surface area contributed by atoms with Crippen molar-refractivity contribution in [3.8, 4) is 0 Å². The number of imidazole rings is 1. The number of carbonyl (C=O) groups is 1. The van der Waals surface area contributed by atoms with Gasteiger partial charge in [0.25, 0.3) is 0 Å². The highest BCUT2D eigenvalue weighted by Gasteiger charge is 2.28. The fourth-order valence-corrected chi connectivity index (χ4v) is 2.40. The van der Waals surface area contributed by atoms with Crippen molar-refractivity contribution >= 4 is 5.91 Å². The molecule has 1 aliphatic carbocycles. The Morgan fingerprint density at radius 1 is 1.50 bits per heavy atom. The molecule has 2 heterocycles. The second-order valence-corrected chi connectivity index (χ2v) is 5.10. The minimum absolute atomic E-state index is 0.0516. The molecule has 0 spiro atoms. The van der Waals surface area contributed by atoms with Gasteiger partial charge in [-0.3, -0.25) is 4.79 Å². The fourth-order valence-electron chi connectivity index (χ4n) is 2.40. The van der Waals surface area contributed by atoms with Crippen LogP contribution in [0.5, 0.6) is 0 Å². The molecule has 0 bridgehead atoms. The molecule has 98 valence electrons. The van der Waals surface area contributed by atoms with Crippen LogP contribution in [0.1, 0.15) is 31.0 Å². The van der Waals surface area contributed by atoms with E-state index in [1.807, 2.05) is 12.4 Å². The summed E-state index contributed by atoms with van der Waals surface area (Å²) in [6.07, 6.45) is 7.20. The molecule has 5 nitrogen and oxygen atoms in total. The molecule has 0 unspecified atom stereocenters. The number of ether oxygens (including phenoxy) is 1. The van der Waals surface area contributed by atoms with Gasteiger partial charge in [0, 0.05) is 38.0 Å². The molecule has 1 amide bonds. The van der Waals surface area contributed by atoms with Crippen LogP contribution < -0.4 is 5.32 Å². The zero-order valence-electron chi connectivity index (χ0n) is 10.5. The summed E-state index contributed by atoms with van der Waals surface area (Å²) in [5.74, 6) is 2.00. The first kappa shape index (κ1) is 11.7. The third-order valence-electron chi connectivity index (χ3n) is 3.64. The maximum atomic E-state index is 11.8. The summed E-state index contributed by atoms with van der Waals surface area (Å²) in [5.41, 5.74) is 0. The van der Waals surface area contributed by atoms with Crippen molar-refractivity contribution in [1.82, 2.24) is 14.9 Å². The lowest BCUT2D eigenvalue weighted by atomic mass is 10.1. The van der Waals surface area contributed by atoms with E-state index in [4.69, 9.17) is 4.74 Å². The average Bonchev–Trinajstić information content (AvgIpc) is 2.92. The Morgan fingerprint density at radius 3 is 3.11 bits per heavy atom. The Morgan fingerprint density at radius 2 is 2.39 bits per heavy atom. The maximum absolute atomic E-state index is 11.8. The van der Waals surface area contributed by atoms with E-state index in [0.29, 0.717) is 25.7 Å². The van der Waals surface area contributed by atoms with E-state index < -0.39 is 0 Å². The lowest BCUT2D eigenvalue weighted by Gasteiger charge is -2.11. The SMILES string of the molecule is O=C(NCCn1ccnc1C1CC1)[C@@H]1CCOC1. The highest BCUT2D eigenvalue weighted by atomic mass is 16.5. The molecule has 2 fully saturated rings. The van der Waals surface area contributed by atoms with Gasteiger partial charge in [0.05, 0.1) is 12.5 Å². The molecule has 3 rings (SSSR count). The minimum atomic E-state index is 0.0516. The van der Waals surface area contributed by atoms with Gasteiger partial charge in [-0.2, -0.15) is 0 Å². The van der Waals surface area contributed by atoms with Crippen molar-refractivity contribution in [3.63, 3.8) is 0 Å². The van der Waals surface area contributed by atoms with Gasteiger partial charge < -0.3 is 14.6 Å². The van der Waals surface area contributed by atoms with Gasteiger partial charge in [0.1, 0.15) is 5.82 Å². The largest absolute Gasteiger partial charge is 0.381 e. The number of hydrogen-bond donors (Lipinski definition) is 1. The summed E-state index contributed by atoms with van der Waals surface area (Å²) in [6, 6.07) is 0. The van der Waals surface area contributed by atoms with Gasteiger partial charge in [-0.25, -0.2) is 4.98 Å². The van der Waals surface area contributed by atoms with Gasteiger partial charge in [-0.05, 0) is 19.3 Å². The van der Waals surface area contributed by atoms with Crippen molar-refractivity contribution in [2.24, 2.45) is 5.92 Å². The number of hydrogen-bond acceptors (Lipinski definition) is 3. The van der Waals surface area contributed by atoms with Gasteiger partial charge in [0.2, 0.25) is 5.91 Å². The topological polar surface area (TPSA) is 56.2 Å². The van der Waals surface area contributed by atoms with E-state index in [2.05, 4.69) is 14.9 Å². The van der Waals surface area contributed by atoms with Crippen molar-refractivity contribution in [1.29, 1.82) is 0 Å². The van der Waals surface area contributed by atoms with Crippen molar-refractivity contribution in [2.75, 3.05) is 19.8 Å². The summed E-state index contributed by atoms with van der Waals surface area (Å²) < 4.78 is 7.37. The molecule has 1 aromatic heterocycles. The summed E-state index contributed by atoms with van der Waals surface area (Å²) in [5, 5.41) is 2.98. The first-order chi connectivity index (χ1) is 8.84. The monoisotopic (exact) mass is 249 g/mol. The Labute approximate surface area is 107 Å². The first-order valence-electron chi connectivity index (χ1n) is 6.71. The fraction of sp³-hybridized carbons (Fsp3) is 0.692. The highest BCUT2D eigenvalue weighted by molar-refractivity contribution is 5.78. The molecule has 2 aliphatic rings. The van der Waals surface area contributed by atoms with Gasteiger partial charge >= 0.3 is 0 Å². The number of nitrogens with zero attached hydrogens (tertiary/aromatic N) is 2. The van der Waals surface area contributed by atoms with Crippen LogP contribution in [0.15, 0.2) is 12.4 Å². The van der Waals surface area contributed by atoms with Crippen LogP contribution in [-0.4, -0.2) is 35.2 Å². The molecule has 1 aromatic rings. The molecule has 0 aromatic carbocycles. The third-order valence-corrected chi connectivity index (χ3v) is 3.64. The Bertz CT molecular complexity index is 420. The van der Waals surface area contributed by atoms with E-state index in [1.54, 1.807) is 0 Å². The normalized spacial score (nSPS) is 23.2. The Balaban J connectivity index is 1.46. The van der Waals surface area contributed by atoms with Gasteiger partial charge in [-0.15, -0.1) is 0 Å². The second kappa shape index (κ2) is 5.10. The predicted octanol–water partition coefficient (Wildman–Crippen LogP) is 0.913. The van der Waals surface area contributed by atoms with E-state index >= 15 is 0 Å². The number of carbonyl (C=O) groups excluding carboxylic acids is 1. The van der Waals surface area contributed by atoms with Crippen LogP contribution in [0, 0.1) is 5.92 Å². The minimum Gasteiger partial charge on any atom is -0.381 e. The van der Waals surface area contributed by atoms with Crippen LogP contribution in [0.3, 0.4) is 0 Å². The van der Waals surface area contributed by atoms with Crippen LogP contribution in [-0.2, 0) is 16.1 Å². The Kier molecular flexibility index (Phi) is 3.32. The predicted molar refractivity (Wildman–Crippen MR) is 66.1 cm³/mol. The molecule has 0 radical (unpaired) electrons. The molecule has 1 N–H and O–H groups in total. The zero-order chi connectivity index (χ0) is 12.4. The molecule has 1 saturated heterocycles. The second-order valence-electron chi connectivity index (χ2n) is 5.10. The molecule has 5 heteroatoms. The molecular formula is C13H19N3O2. The molecule has 18 heavy (non-hydrogen) atoms. The summed E-state index contributed by atoms with van der Waals surface area (Å²) >= 11 is 0. The lowest BCUT2D eigenvalue weighted by molar-refractivity contribution is -0.124. The standard InChI is InChI=1S/C13H19N3O2/c17-13(11-3-8-18-9-11)15-5-7-16-6-4-14-12(16)10-1-2-10/h4,6,10-11H,1-3,5,7-9H2,(H,15,17)/t11-/m1/s1. The summed E-state index contributed by atoms with van der Waals surface area (Å²) in [6.45, 7) is 2.77. The number of nitrogens with one attached hydrogen (secondary N) is 1. The highest BCUT2D eigenvalue weighted by Crippen LogP contribution is 2.38. The van der Waals surface area contributed by atoms with Crippen molar-refractivity contribution < 1.29 is 9.53 Å². The van der Waals surface area contributed by atoms with Crippen molar-refractivity contribution in [2.45, 2.75) is 31.7 Å². The summed E-state index contributed by atoms with van der Waals surface area (Å²) in [7, 11) is 0. The average molecular weight is 249 g/mol. The van der Waals surface area contributed by atoms with E-state index in [1.165, 1.54) is 18.7 Å². The van der Waals surface area contributed by atoms with Crippen LogP contribution in [0.25, 0.3) is 0 Å². The molecule has 1 aliphatic heterocycles. The third kappa shape index (κ3) is 2.56. The van der Waals surface area contributed by atoms with Gasteiger partial charge in [-0.1, -0.05) is 0 Å². The van der Waals surface area contributed by atoms with E-state index in [9.17, 15) is 4.79 Å². The maximum Gasteiger partial charge on any atom is 0.225 e. The summed E-state index contributed by atoms with van der Waals surface area (Å²) in [4.78, 5) is 16.2. The lowest BCUT2D eigenvalue weighted by Crippen LogP contribution is -2.33. The molecule has 1 saturated carbocycles. The number of aromatic nitrogens is 2. The quantitative estimate of drug-likeness (QED) is 0.844. The smallest absolute Gasteiger partial charge is 0.225 e. The first-order valence-corrected chi connectivity index (χ1v) is 6.71. The van der Waals surface area contributed by atoms with Gasteiger partial charge in [0.15, 0.2) is 0 Å². The van der Waals surface area contributed by atoms with Crippen LogP contribution >= 0.6 is 0 Å². The zero-order valence-corrected chi connectivity index (χ0v) is 10.5. The van der Waals surface area contributed by atoms with E-state index in [-0.39, 0.29) is 11.8 Å². The van der Waals surface area contributed by atoms with Crippen LogP contribution in [0.2, 0.25) is 0 Å².